The molecule has 0 radical (unpaired) electrons. The van der Waals surface area contributed by atoms with Crippen molar-refractivity contribution in [3.63, 3.8) is 0 Å². The molecule has 2 atom stereocenters. The minimum atomic E-state index is -0.708. The molecule has 0 aromatic heterocycles. The Hall–Kier alpha value is -1.72. The number of rotatable bonds is 4. The molecule has 0 heterocycles. The number of methoxy groups -OCH3 is 2. The number of ether oxygens (including phenoxy) is 4. The molecule has 0 aromatic rings. The molecule has 0 saturated heterocycles. The molecule has 1 aliphatic rings. The third-order valence-electron chi connectivity index (χ3n) is 2.50. The van der Waals surface area contributed by atoms with Crippen molar-refractivity contribution in [3.05, 3.63) is 12.2 Å². The molecule has 0 saturated carbocycles. The average molecular weight is 244 g/mol. The Balaban J connectivity index is 2.28. The zero-order valence-corrected chi connectivity index (χ0v) is 9.88. The first-order valence-corrected chi connectivity index (χ1v) is 5.29. The number of hydrogen-bond donors (Lipinski definition) is 0. The number of hydrogen-bond acceptors (Lipinski definition) is 6. The maximum Gasteiger partial charge on any atom is 0.508 e. The van der Waals surface area contributed by atoms with Gasteiger partial charge in [-0.2, -0.15) is 0 Å². The van der Waals surface area contributed by atoms with E-state index in [1.807, 2.05) is 6.08 Å². The Morgan fingerprint density at radius 1 is 1.24 bits per heavy atom. The van der Waals surface area contributed by atoms with Crippen LogP contribution >= 0.6 is 0 Å². The van der Waals surface area contributed by atoms with E-state index < -0.39 is 12.3 Å². The van der Waals surface area contributed by atoms with Gasteiger partial charge in [-0.1, -0.05) is 6.08 Å². The van der Waals surface area contributed by atoms with Crippen LogP contribution in [-0.2, 0) is 18.9 Å². The number of allylic oxidation sites excluding steroid dienone is 1. The van der Waals surface area contributed by atoms with E-state index in [2.05, 4.69) is 9.47 Å². The molecular weight excluding hydrogens is 228 g/mol. The number of carbonyl (C=O) groups excluding carboxylic acids is 2. The van der Waals surface area contributed by atoms with Crippen molar-refractivity contribution in [1.82, 2.24) is 0 Å². The predicted octanol–water partition coefficient (Wildman–Crippen LogP) is 1.89. The Morgan fingerprint density at radius 3 is 2.59 bits per heavy atom. The van der Waals surface area contributed by atoms with Crippen molar-refractivity contribution < 1.29 is 28.5 Å². The van der Waals surface area contributed by atoms with Crippen molar-refractivity contribution in [1.29, 1.82) is 0 Å². The van der Waals surface area contributed by atoms with Gasteiger partial charge < -0.3 is 18.9 Å². The van der Waals surface area contributed by atoms with Gasteiger partial charge >= 0.3 is 12.3 Å². The zero-order valence-electron chi connectivity index (χ0n) is 9.88. The van der Waals surface area contributed by atoms with E-state index in [1.165, 1.54) is 14.2 Å². The van der Waals surface area contributed by atoms with Gasteiger partial charge in [0.05, 0.1) is 20.8 Å². The van der Waals surface area contributed by atoms with Gasteiger partial charge in [0.15, 0.2) is 0 Å². The fourth-order valence-electron chi connectivity index (χ4n) is 1.61. The van der Waals surface area contributed by atoms with Gasteiger partial charge in [-0.25, -0.2) is 9.59 Å². The van der Waals surface area contributed by atoms with Gasteiger partial charge in [0.1, 0.15) is 6.10 Å². The molecule has 96 valence electrons. The second kappa shape index (κ2) is 6.78. The van der Waals surface area contributed by atoms with E-state index in [-0.39, 0.29) is 18.6 Å². The minimum Gasteiger partial charge on any atom is -0.438 e. The summed E-state index contributed by atoms with van der Waals surface area (Å²) in [5.74, 6) is 0.110. The normalized spacial score (nSPS) is 22.0. The molecule has 17 heavy (non-hydrogen) atoms. The maximum atomic E-state index is 11.0. The monoisotopic (exact) mass is 244 g/mol. The van der Waals surface area contributed by atoms with Crippen LogP contribution in [0, 0.1) is 5.92 Å². The second-order valence-electron chi connectivity index (χ2n) is 3.55. The van der Waals surface area contributed by atoms with Crippen molar-refractivity contribution >= 4 is 12.3 Å². The van der Waals surface area contributed by atoms with Crippen LogP contribution in [0.15, 0.2) is 12.2 Å². The van der Waals surface area contributed by atoms with Crippen LogP contribution in [0.3, 0.4) is 0 Å². The standard InChI is InChI=1S/C11H16O6/c1-14-10(12)16-7-6-8-4-3-5-9(8)17-11(13)15-2/h3,5,8-9H,4,6-7H2,1-2H3/t8-,9-/m0/s1. The molecule has 0 N–H and O–H groups in total. The molecule has 6 nitrogen and oxygen atoms in total. The molecule has 0 amide bonds. The van der Waals surface area contributed by atoms with Crippen LogP contribution in [0.25, 0.3) is 0 Å². The Labute approximate surface area is 99.5 Å². The Morgan fingerprint density at radius 2 is 1.94 bits per heavy atom. The third-order valence-corrected chi connectivity index (χ3v) is 2.50. The van der Waals surface area contributed by atoms with Gasteiger partial charge in [0.2, 0.25) is 0 Å². The fourth-order valence-corrected chi connectivity index (χ4v) is 1.61. The van der Waals surface area contributed by atoms with E-state index in [4.69, 9.17) is 9.47 Å². The topological polar surface area (TPSA) is 71.1 Å². The first-order valence-electron chi connectivity index (χ1n) is 5.29. The lowest BCUT2D eigenvalue weighted by atomic mass is 10.0. The lowest BCUT2D eigenvalue weighted by Crippen LogP contribution is -2.23. The first kappa shape index (κ1) is 13.3. The van der Waals surface area contributed by atoms with Crippen LogP contribution in [0.2, 0.25) is 0 Å². The highest BCUT2D eigenvalue weighted by molar-refractivity contribution is 5.60. The predicted molar refractivity (Wildman–Crippen MR) is 57.5 cm³/mol. The Bertz CT molecular complexity index is 298. The van der Waals surface area contributed by atoms with Crippen LogP contribution in [0.5, 0.6) is 0 Å². The molecular formula is C11H16O6. The van der Waals surface area contributed by atoms with Gasteiger partial charge in [-0.3, -0.25) is 0 Å². The molecule has 0 unspecified atom stereocenters. The lowest BCUT2D eigenvalue weighted by molar-refractivity contribution is 0.0262. The smallest absolute Gasteiger partial charge is 0.438 e. The largest absolute Gasteiger partial charge is 0.508 e. The van der Waals surface area contributed by atoms with Gasteiger partial charge in [-0.05, 0) is 18.9 Å². The summed E-state index contributed by atoms with van der Waals surface area (Å²) >= 11 is 0. The molecule has 6 heteroatoms. The summed E-state index contributed by atoms with van der Waals surface area (Å²) in [6.07, 6.45) is 3.39. The molecule has 1 rings (SSSR count). The molecule has 0 fully saturated rings. The molecule has 0 spiro atoms. The van der Waals surface area contributed by atoms with Crippen LogP contribution in [0.4, 0.5) is 9.59 Å². The maximum absolute atomic E-state index is 11.0. The third kappa shape index (κ3) is 4.34. The van der Waals surface area contributed by atoms with Crippen molar-refractivity contribution in [2.45, 2.75) is 18.9 Å². The van der Waals surface area contributed by atoms with E-state index in [0.717, 1.165) is 6.42 Å². The van der Waals surface area contributed by atoms with Gasteiger partial charge in [0.25, 0.3) is 0 Å². The Kier molecular flexibility index (Phi) is 5.32. The minimum absolute atomic E-state index is 0.110. The van der Waals surface area contributed by atoms with Crippen molar-refractivity contribution in [3.8, 4) is 0 Å². The van der Waals surface area contributed by atoms with E-state index in [9.17, 15) is 9.59 Å². The van der Waals surface area contributed by atoms with E-state index >= 15 is 0 Å². The number of carbonyl (C=O) groups is 2. The zero-order chi connectivity index (χ0) is 12.7. The summed E-state index contributed by atoms with van der Waals surface area (Å²) in [5, 5.41) is 0. The molecule has 1 aliphatic carbocycles. The molecule has 0 aromatic carbocycles. The second-order valence-corrected chi connectivity index (χ2v) is 3.55. The van der Waals surface area contributed by atoms with Crippen molar-refractivity contribution in [2.24, 2.45) is 5.92 Å². The highest BCUT2D eigenvalue weighted by Gasteiger charge is 2.26. The molecule has 0 bridgehead atoms. The summed E-state index contributed by atoms with van der Waals surface area (Å²) in [6, 6.07) is 0. The highest BCUT2D eigenvalue weighted by atomic mass is 16.7. The SMILES string of the molecule is COC(=O)OCC[C@@H]1CC=C[C@@H]1OC(=O)OC. The summed E-state index contributed by atoms with van der Waals surface area (Å²) in [5.41, 5.74) is 0. The quantitative estimate of drug-likeness (QED) is 0.555. The average Bonchev–Trinajstić information content (AvgIpc) is 2.76. The van der Waals surface area contributed by atoms with E-state index in [1.54, 1.807) is 6.08 Å². The van der Waals surface area contributed by atoms with Crippen LogP contribution in [-0.4, -0.2) is 39.2 Å². The van der Waals surface area contributed by atoms with Gasteiger partial charge in [0, 0.05) is 5.92 Å². The van der Waals surface area contributed by atoms with Crippen molar-refractivity contribution in [2.75, 3.05) is 20.8 Å². The summed E-state index contributed by atoms with van der Waals surface area (Å²) in [6.45, 7) is 0.236. The van der Waals surface area contributed by atoms with E-state index in [0.29, 0.717) is 6.42 Å². The summed E-state index contributed by atoms with van der Waals surface area (Å²) in [4.78, 5) is 21.7. The highest BCUT2D eigenvalue weighted by Crippen LogP contribution is 2.25. The van der Waals surface area contributed by atoms with Gasteiger partial charge in [-0.15, -0.1) is 0 Å². The van der Waals surface area contributed by atoms with Crippen LogP contribution < -0.4 is 0 Å². The van der Waals surface area contributed by atoms with Crippen LogP contribution in [0.1, 0.15) is 12.8 Å². The first-order chi connectivity index (χ1) is 8.17. The summed E-state index contributed by atoms with van der Waals surface area (Å²) < 4.78 is 18.6. The summed E-state index contributed by atoms with van der Waals surface area (Å²) in [7, 11) is 2.51. The molecule has 0 aliphatic heterocycles. The fraction of sp³-hybridized carbons (Fsp3) is 0.636. The lowest BCUT2D eigenvalue weighted by Gasteiger charge is -2.18.